The summed E-state index contributed by atoms with van der Waals surface area (Å²) in [5, 5.41) is 3.26. The van der Waals surface area contributed by atoms with Gasteiger partial charge in [-0.25, -0.2) is 0 Å². The van der Waals surface area contributed by atoms with E-state index < -0.39 is 0 Å². The second-order valence-electron chi connectivity index (χ2n) is 5.51. The molecule has 2 rings (SSSR count). The van der Waals surface area contributed by atoms with Gasteiger partial charge >= 0.3 is 0 Å². The highest BCUT2D eigenvalue weighted by atomic mass is 15.1. The normalized spacial score (nSPS) is 17.3. The van der Waals surface area contributed by atoms with Crippen LogP contribution in [0.3, 0.4) is 0 Å². The maximum atomic E-state index is 3.26. The first kappa shape index (κ1) is 13.6. The van der Waals surface area contributed by atoms with Gasteiger partial charge in [0.15, 0.2) is 0 Å². The van der Waals surface area contributed by atoms with Crippen molar-refractivity contribution in [1.82, 2.24) is 10.2 Å². The van der Waals surface area contributed by atoms with E-state index in [9.17, 15) is 0 Å². The molecule has 0 radical (unpaired) electrons. The molecule has 2 heteroatoms. The minimum atomic E-state index is 0.793. The molecule has 0 spiro atoms. The Bertz CT molecular complexity index is 356. The van der Waals surface area contributed by atoms with Crippen molar-refractivity contribution in [2.45, 2.75) is 51.2 Å². The molecule has 2 nitrogen and oxygen atoms in total. The van der Waals surface area contributed by atoms with E-state index in [1.54, 1.807) is 0 Å². The highest BCUT2D eigenvalue weighted by molar-refractivity contribution is 5.27. The molecule has 1 saturated carbocycles. The third-order valence-electron chi connectivity index (χ3n) is 4.10. The molecule has 0 aromatic heterocycles. The molecule has 0 atom stereocenters. The quantitative estimate of drug-likeness (QED) is 0.858. The minimum Gasteiger partial charge on any atom is -0.316 e. The molecule has 0 bridgehead atoms. The Labute approximate surface area is 111 Å². The summed E-state index contributed by atoms with van der Waals surface area (Å²) in [7, 11) is 4.30. The number of hydrogen-bond donors (Lipinski definition) is 1. The molecule has 1 aromatic carbocycles. The zero-order chi connectivity index (χ0) is 12.8. The van der Waals surface area contributed by atoms with Crippen molar-refractivity contribution >= 4 is 0 Å². The van der Waals surface area contributed by atoms with Gasteiger partial charge in [0.1, 0.15) is 0 Å². The van der Waals surface area contributed by atoms with E-state index in [0.29, 0.717) is 0 Å². The summed E-state index contributed by atoms with van der Waals surface area (Å²) < 4.78 is 0. The predicted octanol–water partition coefficient (Wildman–Crippen LogP) is 3.17. The van der Waals surface area contributed by atoms with E-state index in [2.05, 4.69) is 41.5 Å². The third kappa shape index (κ3) is 3.56. The fourth-order valence-electron chi connectivity index (χ4n) is 2.99. The first-order valence-corrected chi connectivity index (χ1v) is 7.23. The second-order valence-corrected chi connectivity index (χ2v) is 5.51. The van der Waals surface area contributed by atoms with E-state index in [4.69, 9.17) is 0 Å². The molecule has 1 aliphatic carbocycles. The van der Waals surface area contributed by atoms with Crippen LogP contribution in [-0.2, 0) is 13.1 Å². The van der Waals surface area contributed by atoms with Gasteiger partial charge in [-0.05, 0) is 38.1 Å². The number of nitrogens with zero attached hydrogens (tertiary/aromatic N) is 1. The van der Waals surface area contributed by atoms with Gasteiger partial charge in [-0.1, -0.05) is 43.5 Å². The predicted molar refractivity (Wildman–Crippen MR) is 77.5 cm³/mol. The zero-order valence-electron chi connectivity index (χ0n) is 11.8. The Morgan fingerprint density at radius 1 is 1.11 bits per heavy atom. The summed E-state index contributed by atoms with van der Waals surface area (Å²) in [6, 6.07) is 9.59. The average Bonchev–Trinajstić information content (AvgIpc) is 2.42. The van der Waals surface area contributed by atoms with Gasteiger partial charge in [0.05, 0.1) is 0 Å². The summed E-state index contributed by atoms with van der Waals surface area (Å²) in [6.07, 6.45) is 7.01. The average molecular weight is 246 g/mol. The van der Waals surface area contributed by atoms with Gasteiger partial charge in [0.2, 0.25) is 0 Å². The molecule has 0 heterocycles. The summed E-state index contributed by atoms with van der Waals surface area (Å²) in [6.45, 7) is 2.05. The molecule has 1 aliphatic rings. The van der Waals surface area contributed by atoms with Crippen molar-refractivity contribution in [3.63, 3.8) is 0 Å². The van der Waals surface area contributed by atoms with E-state index in [0.717, 1.165) is 19.1 Å². The van der Waals surface area contributed by atoms with Gasteiger partial charge in [0, 0.05) is 19.1 Å². The summed E-state index contributed by atoms with van der Waals surface area (Å²) in [5.74, 6) is 0. The van der Waals surface area contributed by atoms with Crippen LogP contribution >= 0.6 is 0 Å². The molecular weight excluding hydrogens is 220 g/mol. The van der Waals surface area contributed by atoms with Crippen molar-refractivity contribution in [1.29, 1.82) is 0 Å². The second kappa shape index (κ2) is 6.91. The van der Waals surface area contributed by atoms with E-state index in [1.165, 1.54) is 43.2 Å². The Morgan fingerprint density at radius 3 is 2.44 bits per heavy atom. The fourth-order valence-corrected chi connectivity index (χ4v) is 2.99. The molecule has 100 valence electrons. The van der Waals surface area contributed by atoms with Crippen molar-refractivity contribution < 1.29 is 0 Å². The number of benzene rings is 1. The van der Waals surface area contributed by atoms with Gasteiger partial charge in [-0.3, -0.25) is 4.90 Å². The lowest BCUT2D eigenvalue weighted by atomic mass is 9.94. The topological polar surface area (TPSA) is 15.3 Å². The van der Waals surface area contributed by atoms with Gasteiger partial charge in [-0.15, -0.1) is 0 Å². The largest absolute Gasteiger partial charge is 0.316 e. The smallest absolute Gasteiger partial charge is 0.0236 e. The van der Waals surface area contributed by atoms with Crippen LogP contribution in [0.15, 0.2) is 24.3 Å². The third-order valence-corrected chi connectivity index (χ3v) is 4.10. The Morgan fingerprint density at radius 2 is 1.78 bits per heavy atom. The highest BCUT2D eigenvalue weighted by Crippen LogP contribution is 2.23. The molecule has 1 N–H and O–H groups in total. The molecule has 0 saturated heterocycles. The fraction of sp³-hybridized carbons (Fsp3) is 0.625. The number of nitrogens with one attached hydrogen (secondary N) is 1. The highest BCUT2D eigenvalue weighted by Gasteiger charge is 2.18. The van der Waals surface area contributed by atoms with Gasteiger partial charge in [0.25, 0.3) is 0 Å². The lowest BCUT2D eigenvalue weighted by molar-refractivity contribution is 0.184. The van der Waals surface area contributed by atoms with E-state index in [-0.39, 0.29) is 0 Å². The van der Waals surface area contributed by atoms with Gasteiger partial charge in [-0.2, -0.15) is 0 Å². The maximum absolute atomic E-state index is 3.26. The van der Waals surface area contributed by atoms with E-state index in [1.807, 2.05) is 7.05 Å². The Kier molecular flexibility index (Phi) is 5.21. The van der Waals surface area contributed by atoms with Crippen LogP contribution in [0.25, 0.3) is 0 Å². The van der Waals surface area contributed by atoms with Crippen LogP contribution < -0.4 is 5.32 Å². The molecule has 0 aliphatic heterocycles. The number of hydrogen-bond acceptors (Lipinski definition) is 2. The molecule has 0 amide bonds. The van der Waals surface area contributed by atoms with Crippen LogP contribution in [0, 0.1) is 0 Å². The van der Waals surface area contributed by atoms with Crippen LogP contribution in [-0.4, -0.2) is 25.0 Å². The SMILES string of the molecule is CNCc1ccccc1CN(C)C1CCCCC1. The first-order valence-electron chi connectivity index (χ1n) is 7.23. The summed E-state index contributed by atoms with van der Waals surface area (Å²) in [4.78, 5) is 2.55. The molecule has 0 unspecified atom stereocenters. The lowest BCUT2D eigenvalue weighted by Crippen LogP contribution is -2.33. The van der Waals surface area contributed by atoms with Crippen molar-refractivity contribution in [2.75, 3.05) is 14.1 Å². The Hall–Kier alpha value is -0.860. The molecule has 1 fully saturated rings. The lowest BCUT2D eigenvalue weighted by Gasteiger charge is -2.31. The minimum absolute atomic E-state index is 0.793. The van der Waals surface area contributed by atoms with Crippen LogP contribution in [0.4, 0.5) is 0 Å². The van der Waals surface area contributed by atoms with Crippen molar-refractivity contribution in [3.8, 4) is 0 Å². The van der Waals surface area contributed by atoms with Crippen molar-refractivity contribution in [2.24, 2.45) is 0 Å². The monoisotopic (exact) mass is 246 g/mol. The summed E-state index contributed by atoms with van der Waals surface area (Å²) >= 11 is 0. The maximum Gasteiger partial charge on any atom is 0.0236 e. The molecule has 1 aromatic rings. The summed E-state index contributed by atoms with van der Waals surface area (Å²) in [5.41, 5.74) is 2.91. The van der Waals surface area contributed by atoms with Crippen LogP contribution in [0.1, 0.15) is 43.2 Å². The zero-order valence-corrected chi connectivity index (χ0v) is 11.8. The molecule has 18 heavy (non-hydrogen) atoms. The van der Waals surface area contributed by atoms with E-state index >= 15 is 0 Å². The first-order chi connectivity index (χ1) is 8.81. The standard InChI is InChI=1S/C16H26N2/c1-17-12-14-8-6-7-9-15(14)13-18(2)16-10-4-3-5-11-16/h6-9,16-17H,3-5,10-13H2,1-2H3. The molecular formula is C16H26N2. The number of rotatable bonds is 5. The van der Waals surface area contributed by atoms with Crippen LogP contribution in [0.5, 0.6) is 0 Å². The van der Waals surface area contributed by atoms with Crippen LogP contribution in [0.2, 0.25) is 0 Å². The van der Waals surface area contributed by atoms with Gasteiger partial charge < -0.3 is 5.32 Å². The Balaban J connectivity index is 1.99. The van der Waals surface area contributed by atoms with Crippen molar-refractivity contribution in [3.05, 3.63) is 35.4 Å².